The number of halogens is 3. The molecule has 11 nitrogen and oxygen atoms in total. The Kier molecular flexibility index (Phi) is 5.01. The van der Waals surface area contributed by atoms with Crippen LogP contribution in [0.3, 0.4) is 0 Å². The number of aryl methyl sites for hydroxylation is 1. The molecule has 0 saturated carbocycles. The number of benzene rings is 1. The van der Waals surface area contributed by atoms with Crippen molar-refractivity contribution >= 4 is 22.5 Å². The second-order valence-electron chi connectivity index (χ2n) is 7.28. The highest BCUT2D eigenvalue weighted by Gasteiger charge is 2.41. The van der Waals surface area contributed by atoms with Gasteiger partial charge < -0.3 is 5.32 Å². The topological polar surface area (TPSA) is 132 Å². The number of carbonyl (C=O) groups is 1. The summed E-state index contributed by atoms with van der Waals surface area (Å²) >= 11 is 0. The molecule has 4 aromatic heterocycles. The molecule has 1 N–H and O–H groups in total. The monoisotopic (exact) mass is 478 g/mol. The molecule has 0 fully saturated rings. The Morgan fingerprint density at radius 3 is 2.57 bits per heavy atom. The number of fused-ring (bicyclic) bond motifs is 1. The van der Waals surface area contributed by atoms with E-state index in [4.69, 9.17) is 0 Å². The fraction of sp³-hybridized carbons (Fsp3) is 0.0952. The largest absolute Gasteiger partial charge is 0.434 e. The molecule has 1 amide bonds. The number of nitrogens with zero attached hydrogens (tertiary/aromatic N) is 9. The third kappa shape index (κ3) is 3.74. The Morgan fingerprint density at radius 1 is 1.09 bits per heavy atom. The van der Waals surface area contributed by atoms with Gasteiger partial charge in [-0.1, -0.05) is 12.1 Å². The second kappa shape index (κ2) is 8.06. The molecule has 14 heteroatoms. The fourth-order valence-electron chi connectivity index (χ4n) is 3.64. The Balaban J connectivity index is 1.55. The molecule has 5 rings (SSSR count). The van der Waals surface area contributed by atoms with Gasteiger partial charge in [0.1, 0.15) is 11.6 Å². The number of aromatic nitrogens is 8. The molecule has 0 spiro atoms. The van der Waals surface area contributed by atoms with Crippen LogP contribution in [0.5, 0.6) is 0 Å². The van der Waals surface area contributed by atoms with Crippen molar-refractivity contribution < 1.29 is 18.0 Å². The van der Waals surface area contributed by atoms with Crippen molar-refractivity contribution in [1.82, 2.24) is 39.5 Å². The second-order valence-corrected chi connectivity index (χ2v) is 7.28. The lowest BCUT2D eigenvalue weighted by molar-refractivity contribution is -0.143. The van der Waals surface area contributed by atoms with Crippen LogP contribution in [-0.4, -0.2) is 45.4 Å². The first-order chi connectivity index (χ1) is 16.8. The van der Waals surface area contributed by atoms with Gasteiger partial charge in [0.05, 0.1) is 53.4 Å². The van der Waals surface area contributed by atoms with Crippen LogP contribution in [0.15, 0.2) is 55.2 Å². The maximum Gasteiger partial charge on any atom is 0.434 e. The van der Waals surface area contributed by atoms with Crippen LogP contribution in [0.2, 0.25) is 0 Å². The van der Waals surface area contributed by atoms with Crippen molar-refractivity contribution in [2.75, 3.05) is 5.32 Å². The van der Waals surface area contributed by atoms with Crippen LogP contribution >= 0.6 is 0 Å². The van der Waals surface area contributed by atoms with Gasteiger partial charge >= 0.3 is 6.18 Å². The van der Waals surface area contributed by atoms with Crippen molar-refractivity contribution in [1.29, 1.82) is 5.26 Å². The van der Waals surface area contributed by atoms with Crippen molar-refractivity contribution in [2.45, 2.75) is 6.18 Å². The number of carbonyl (C=O) groups excluding carboxylic acids is 1. The molecule has 4 heterocycles. The number of alkyl halides is 3. The van der Waals surface area contributed by atoms with Gasteiger partial charge in [0.25, 0.3) is 5.91 Å². The highest BCUT2D eigenvalue weighted by atomic mass is 19.4. The summed E-state index contributed by atoms with van der Waals surface area (Å²) in [6, 6.07) is 7.90. The lowest BCUT2D eigenvalue weighted by Crippen LogP contribution is -2.21. The normalized spacial score (nSPS) is 11.5. The molecule has 5 aromatic rings. The lowest BCUT2D eigenvalue weighted by atomic mass is 10.2. The number of rotatable bonds is 4. The molecular weight excluding hydrogens is 465 g/mol. The van der Waals surface area contributed by atoms with Crippen LogP contribution in [0.1, 0.15) is 21.6 Å². The van der Waals surface area contributed by atoms with Gasteiger partial charge in [-0.15, -0.1) is 4.80 Å². The molecule has 0 aliphatic carbocycles. The molecule has 0 bridgehead atoms. The van der Waals surface area contributed by atoms with E-state index in [9.17, 15) is 23.2 Å². The summed E-state index contributed by atoms with van der Waals surface area (Å²) < 4.78 is 44.5. The minimum atomic E-state index is -4.91. The zero-order chi connectivity index (χ0) is 24.7. The van der Waals surface area contributed by atoms with Crippen molar-refractivity contribution in [3.8, 4) is 17.6 Å². The van der Waals surface area contributed by atoms with Gasteiger partial charge in [-0.05, 0) is 12.1 Å². The number of amides is 1. The van der Waals surface area contributed by atoms with Crippen LogP contribution in [0, 0.1) is 11.3 Å². The Labute approximate surface area is 194 Å². The maximum atomic E-state index is 14.1. The number of pyridine rings is 1. The number of hydrogen-bond donors (Lipinski definition) is 1. The SMILES string of the molecule is Cn1ncc2cccc(-n3ncc(C(=O)Nc4cnc(-n5nccn5)c(C#N)c4)c3C(F)(F)F)c21. The van der Waals surface area contributed by atoms with Crippen molar-refractivity contribution in [3.05, 3.63) is 72.1 Å². The molecular formula is C21H13F3N10O. The van der Waals surface area contributed by atoms with Gasteiger partial charge in [0, 0.05) is 12.4 Å². The molecule has 1 aromatic carbocycles. The van der Waals surface area contributed by atoms with Gasteiger partial charge in [-0.25, -0.2) is 9.67 Å². The fourth-order valence-corrected chi connectivity index (χ4v) is 3.64. The first kappa shape index (κ1) is 21.8. The minimum Gasteiger partial charge on any atom is -0.320 e. The minimum absolute atomic E-state index is 0.00799. The quantitative estimate of drug-likeness (QED) is 0.420. The summed E-state index contributed by atoms with van der Waals surface area (Å²) in [4.78, 5) is 18.1. The predicted molar refractivity (Wildman–Crippen MR) is 115 cm³/mol. The summed E-state index contributed by atoms with van der Waals surface area (Å²) in [5.41, 5.74) is -1.41. The van der Waals surface area contributed by atoms with Gasteiger partial charge in [-0.2, -0.15) is 38.8 Å². The van der Waals surface area contributed by atoms with Crippen molar-refractivity contribution in [2.24, 2.45) is 7.05 Å². The van der Waals surface area contributed by atoms with E-state index in [-0.39, 0.29) is 22.8 Å². The average molecular weight is 478 g/mol. The van der Waals surface area contributed by atoms with Gasteiger partial charge in [-0.3, -0.25) is 9.48 Å². The van der Waals surface area contributed by atoms with Crippen LogP contribution in [0.4, 0.5) is 18.9 Å². The van der Waals surface area contributed by atoms with E-state index in [0.717, 1.165) is 11.0 Å². The molecule has 0 aliphatic rings. The smallest absolute Gasteiger partial charge is 0.320 e. The zero-order valence-electron chi connectivity index (χ0n) is 17.8. The maximum absolute atomic E-state index is 14.1. The zero-order valence-corrected chi connectivity index (χ0v) is 17.8. The first-order valence-corrected chi connectivity index (χ1v) is 9.92. The number of nitriles is 1. The van der Waals surface area contributed by atoms with E-state index in [1.807, 2.05) is 6.07 Å². The molecule has 0 aliphatic heterocycles. The molecule has 0 atom stereocenters. The Hall–Kier alpha value is -5.06. The summed E-state index contributed by atoms with van der Waals surface area (Å²) in [7, 11) is 1.60. The average Bonchev–Trinajstić information content (AvgIpc) is 3.58. The Morgan fingerprint density at radius 2 is 1.86 bits per heavy atom. The van der Waals surface area contributed by atoms with Gasteiger partial charge in [0.2, 0.25) is 0 Å². The van der Waals surface area contributed by atoms with Crippen LogP contribution in [0.25, 0.3) is 22.4 Å². The third-order valence-corrected chi connectivity index (χ3v) is 5.10. The molecule has 35 heavy (non-hydrogen) atoms. The predicted octanol–water partition coefficient (Wildman–Crippen LogP) is 2.88. The number of para-hydroxylation sites is 1. The van der Waals surface area contributed by atoms with E-state index in [1.54, 1.807) is 19.2 Å². The summed E-state index contributed by atoms with van der Waals surface area (Å²) in [5.74, 6) is -0.972. The number of hydrogen-bond acceptors (Lipinski definition) is 7. The first-order valence-electron chi connectivity index (χ1n) is 9.92. The lowest BCUT2D eigenvalue weighted by Gasteiger charge is -2.14. The molecule has 174 valence electrons. The Bertz CT molecular complexity index is 1610. The van der Waals surface area contributed by atoms with Crippen LogP contribution in [-0.2, 0) is 13.2 Å². The van der Waals surface area contributed by atoms with Crippen LogP contribution < -0.4 is 5.32 Å². The highest BCUT2D eigenvalue weighted by molar-refractivity contribution is 6.05. The molecule has 0 radical (unpaired) electrons. The van der Waals surface area contributed by atoms with E-state index in [2.05, 4.69) is 30.7 Å². The molecule has 0 saturated heterocycles. The highest BCUT2D eigenvalue weighted by Crippen LogP contribution is 2.35. The van der Waals surface area contributed by atoms with Crippen molar-refractivity contribution in [3.63, 3.8) is 0 Å². The summed E-state index contributed by atoms with van der Waals surface area (Å²) in [6.45, 7) is 0. The van der Waals surface area contributed by atoms with E-state index >= 15 is 0 Å². The van der Waals surface area contributed by atoms with Gasteiger partial charge in [0.15, 0.2) is 11.5 Å². The van der Waals surface area contributed by atoms with E-state index < -0.39 is 23.3 Å². The number of nitrogens with one attached hydrogen (secondary N) is 1. The standard InChI is InChI=1S/C21H13F3N10O/c1-32-17-12(9-29-32)3-2-4-16(17)33-18(21(22,23)24)15(11-30-33)20(35)31-14-7-13(8-25)19(26-10-14)34-27-5-6-28-34/h2-7,9-11H,1H3,(H,31,35). The summed E-state index contributed by atoms with van der Waals surface area (Å²) in [5, 5.41) is 28.1. The van der Waals surface area contributed by atoms with E-state index in [0.29, 0.717) is 15.6 Å². The van der Waals surface area contributed by atoms with E-state index in [1.165, 1.54) is 41.6 Å². The molecule has 0 unspecified atom stereocenters. The summed E-state index contributed by atoms with van der Waals surface area (Å²) in [6.07, 6.45) is 1.42. The third-order valence-electron chi connectivity index (χ3n) is 5.10. The number of anilines is 1.